The fourth-order valence-corrected chi connectivity index (χ4v) is 2.08. The Balaban J connectivity index is 2.29. The largest absolute Gasteiger partial charge is 0.493 e. The molecule has 0 N–H and O–H groups in total. The number of hydrogen-bond acceptors (Lipinski definition) is 4. The Morgan fingerprint density at radius 1 is 0.885 bits per heavy atom. The summed E-state index contributed by atoms with van der Waals surface area (Å²) in [4.78, 5) is 23.2. The number of carbonyl (C=O) groups is 2. The minimum absolute atomic E-state index is 0.0246. The number of Topliss-reactive ketones (excluding diaryl/α,β-unsaturated/α-hetero) is 1. The van der Waals surface area contributed by atoms with Crippen molar-refractivity contribution in [3.05, 3.63) is 58.4 Å². The highest BCUT2D eigenvalue weighted by molar-refractivity contribution is 5.94. The average molecular weight is 374 g/mol. The van der Waals surface area contributed by atoms with E-state index < -0.39 is 47.0 Å². The molecule has 138 valence electrons. The van der Waals surface area contributed by atoms with Crippen molar-refractivity contribution < 1.29 is 41.0 Å². The monoisotopic (exact) mass is 374 g/mol. The molecule has 0 fully saturated rings. The summed E-state index contributed by atoms with van der Waals surface area (Å²) in [5.74, 6) is -12.7. The number of ether oxygens (including phenoxy) is 2. The molecule has 0 unspecified atom stereocenters. The van der Waals surface area contributed by atoms with Crippen molar-refractivity contribution >= 4 is 11.8 Å². The van der Waals surface area contributed by atoms with Crippen molar-refractivity contribution in [3.8, 4) is 11.5 Å². The fraction of sp³-hybridized carbons (Fsp3) is 0.176. The molecular weight excluding hydrogens is 363 g/mol. The van der Waals surface area contributed by atoms with Gasteiger partial charge >= 0.3 is 5.97 Å². The summed E-state index contributed by atoms with van der Waals surface area (Å²) >= 11 is 0. The highest BCUT2D eigenvalue weighted by Crippen LogP contribution is 2.29. The van der Waals surface area contributed by atoms with Crippen LogP contribution >= 0.6 is 0 Å². The summed E-state index contributed by atoms with van der Waals surface area (Å²) in [6.45, 7) is 1.30. The summed E-state index contributed by atoms with van der Waals surface area (Å²) in [7, 11) is 1.22. The molecule has 4 nitrogen and oxygen atoms in total. The molecule has 0 amide bonds. The van der Waals surface area contributed by atoms with Crippen LogP contribution in [-0.2, 0) is 11.2 Å². The Labute approximate surface area is 144 Å². The van der Waals surface area contributed by atoms with Crippen molar-refractivity contribution in [2.75, 3.05) is 7.11 Å². The molecule has 0 aromatic heterocycles. The van der Waals surface area contributed by atoms with Gasteiger partial charge in [-0.2, -0.15) is 0 Å². The number of hydrogen-bond donors (Lipinski definition) is 0. The smallest absolute Gasteiger partial charge is 0.316 e. The predicted molar refractivity (Wildman–Crippen MR) is 78.6 cm³/mol. The lowest BCUT2D eigenvalue weighted by atomic mass is 10.1. The number of carbonyl (C=O) groups excluding carboxylic acids is 2. The second kappa shape index (κ2) is 7.51. The highest BCUT2D eigenvalue weighted by Gasteiger charge is 2.27. The van der Waals surface area contributed by atoms with E-state index >= 15 is 0 Å². The van der Waals surface area contributed by atoms with Gasteiger partial charge in [0, 0.05) is 11.1 Å². The van der Waals surface area contributed by atoms with Gasteiger partial charge in [-0.15, -0.1) is 0 Å². The van der Waals surface area contributed by atoms with E-state index in [9.17, 15) is 31.5 Å². The van der Waals surface area contributed by atoms with Crippen molar-refractivity contribution in [2.45, 2.75) is 13.3 Å². The Morgan fingerprint density at radius 2 is 1.42 bits per heavy atom. The molecular formula is C17H11F5O4. The van der Waals surface area contributed by atoms with E-state index in [-0.39, 0.29) is 22.8 Å². The molecule has 0 aliphatic carbocycles. The Morgan fingerprint density at radius 3 is 1.92 bits per heavy atom. The number of ketones is 1. The lowest BCUT2D eigenvalue weighted by Crippen LogP contribution is -2.16. The summed E-state index contributed by atoms with van der Waals surface area (Å²) in [6.07, 6.45) is -1.20. The second-order valence-electron chi connectivity index (χ2n) is 5.12. The summed E-state index contributed by atoms with van der Waals surface area (Å²) < 4.78 is 76.3. The second-order valence-corrected chi connectivity index (χ2v) is 5.12. The normalized spacial score (nSPS) is 10.6. The lowest BCUT2D eigenvalue weighted by molar-refractivity contribution is -0.133. The van der Waals surface area contributed by atoms with Gasteiger partial charge in [0.1, 0.15) is 0 Å². The predicted octanol–water partition coefficient (Wildman–Crippen LogP) is 3.74. The zero-order chi connectivity index (χ0) is 19.6. The third kappa shape index (κ3) is 3.66. The van der Waals surface area contributed by atoms with E-state index in [1.165, 1.54) is 32.2 Å². The maximum atomic E-state index is 13.6. The van der Waals surface area contributed by atoms with Crippen LogP contribution in [0.25, 0.3) is 0 Å². The molecule has 0 heterocycles. The minimum atomic E-state index is -2.32. The van der Waals surface area contributed by atoms with Gasteiger partial charge in [0.05, 0.1) is 13.5 Å². The van der Waals surface area contributed by atoms with Crippen LogP contribution in [0, 0.1) is 29.1 Å². The van der Waals surface area contributed by atoms with E-state index in [0.717, 1.165) is 0 Å². The van der Waals surface area contributed by atoms with Gasteiger partial charge in [-0.05, 0) is 25.1 Å². The van der Waals surface area contributed by atoms with E-state index in [1.54, 1.807) is 0 Å². The van der Waals surface area contributed by atoms with Gasteiger partial charge < -0.3 is 9.47 Å². The molecule has 2 rings (SSSR count). The molecule has 0 bridgehead atoms. The zero-order valence-electron chi connectivity index (χ0n) is 13.5. The first kappa shape index (κ1) is 19.4. The quantitative estimate of drug-likeness (QED) is 0.200. The SMILES string of the molecule is COc1cc(C(C)=O)ccc1OC(=O)Cc1c(F)c(F)c(F)c(F)c1F. The van der Waals surface area contributed by atoms with Gasteiger partial charge in [-0.1, -0.05) is 0 Å². The van der Waals surface area contributed by atoms with E-state index in [4.69, 9.17) is 9.47 Å². The molecule has 0 aliphatic rings. The number of rotatable bonds is 5. The van der Waals surface area contributed by atoms with Crippen LogP contribution in [-0.4, -0.2) is 18.9 Å². The molecule has 0 atom stereocenters. The summed E-state index contributed by atoms with van der Waals surface area (Å²) in [6, 6.07) is 3.78. The highest BCUT2D eigenvalue weighted by atomic mass is 19.2. The third-order valence-corrected chi connectivity index (χ3v) is 3.42. The third-order valence-electron chi connectivity index (χ3n) is 3.42. The van der Waals surface area contributed by atoms with Crippen LogP contribution in [0.2, 0.25) is 0 Å². The first-order valence-electron chi connectivity index (χ1n) is 7.07. The molecule has 0 saturated heterocycles. The van der Waals surface area contributed by atoms with Gasteiger partial charge in [0.25, 0.3) is 0 Å². The van der Waals surface area contributed by atoms with Crippen LogP contribution in [0.3, 0.4) is 0 Å². The average Bonchev–Trinajstić information content (AvgIpc) is 2.62. The van der Waals surface area contributed by atoms with Crippen LogP contribution in [0.4, 0.5) is 22.0 Å². The fourth-order valence-electron chi connectivity index (χ4n) is 2.08. The molecule has 9 heteroatoms. The van der Waals surface area contributed by atoms with Gasteiger partial charge in [-0.25, -0.2) is 22.0 Å². The van der Waals surface area contributed by atoms with Crippen LogP contribution in [0.15, 0.2) is 18.2 Å². The number of halogens is 5. The molecule has 0 aliphatic heterocycles. The first-order chi connectivity index (χ1) is 12.2. The standard InChI is InChI=1S/C17H11F5O4/c1-7(23)8-3-4-10(11(5-8)25-2)26-12(24)6-9-13(18)15(20)17(22)16(21)14(9)19/h3-5H,6H2,1-2H3. The Kier molecular flexibility index (Phi) is 5.59. The summed E-state index contributed by atoms with van der Waals surface area (Å²) in [5.41, 5.74) is -1.06. The zero-order valence-corrected chi connectivity index (χ0v) is 13.5. The van der Waals surface area contributed by atoms with Gasteiger partial charge in [-0.3, -0.25) is 9.59 Å². The van der Waals surface area contributed by atoms with Crippen molar-refractivity contribution in [2.24, 2.45) is 0 Å². The van der Waals surface area contributed by atoms with Crippen LogP contribution in [0.5, 0.6) is 11.5 Å². The maximum absolute atomic E-state index is 13.6. The number of esters is 1. The van der Waals surface area contributed by atoms with Gasteiger partial charge in [0.2, 0.25) is 5.82 Å². The van der Waals surface area contributed by atoms with E-state index in [2.05, 4.69) is 0 Å². The minimum Gasteiger partial charge on any atom is -0.493 e. The molecule has 26 heavy (non-hydrogen) atoms. The summed E-state index contributed by atoms with van der Waals surface area (Å²) in [5, 5.41) is 0. The van der Waals surface area contributed by atoms with Crippen molar-refractivity contribution in [1.29, 1.82) is 0 Å². The van der Waals surface area contributed by atoms with Crippen LogP contribution < -0.4 is 9.47 Å². The number of benzene rings is 2. The first-order valence-corrected chi connectivity index (χ1v) is 7.07. The van der Waals surface area contributed by atoms with Crippen molar-refractivity contribution in [3.63, 3.8) is 0 Å². The molecule has 0 radical (unpaired) electrons. The maximum Gasteiger partial charge on any atom is 0.316 e. The van der Waals surface area contributed by atoms with Crippen molar-refractivity contribution in [1.82, 2.24) is 0 Å². The van der Waals surface area contributed by atoms with E-state index in [1.807, 2.05) is 0 Å². The molecule has 0 spiro atoms. The van der Waals surface area contributed by atoms with Gasteiger partial charge in [0.15, 0.2) is 40.6 Å². The molecule has 0 saturated carbocycles. The topological polar surface area (TPSA) is 52.6 Å². The lowest BCUT2D eigenvalue weighted by Gasteiger charge is -2.11. The Hall–Kier alpha value is -2.97. The Bertz CT molecular complexity index is 866. The molecule has 2 aromatic carbocycles. The van der Waals surface area contributed by atoms with E-state index in [0.29, 0.717) is 0 Å². The molecule has 2 aromatic rings. The van der Waals surface area contributed by atoms with Crippen LogP contribution in [0.1, 0.15) is 22.8 Å². The number of methoxy groups -OCH3 is 1.